The number of amides is 1. The van der Waals surface area contributed by atoms with Crippen LogP contribution in [-0.4, -0.2) is 32.2 Å². The number of esters is 1. The quantitative estimate of drug-likeness (QED) is 0.665. The van der Waals surface area contributed by atoms with Gasteiger partial charge in [-0.25, -0.2) is 4.39 Å². The van der Waals surface area contributed by atoms with Gasteiger partial charge >= 0.3 is 5.97 Å². The van der Waals surface area contributed by atoms with Crippen LogP contribution in [0.3, 0.4) is 0 Å². The van der Waals surface area contributed by atoms with E-state index in [1.165, 1.54) is 33.3 Å². The molecule has 144 valence electrons. The van der Waals surface area contributed by atoms with Crippen LogP contribution in [0.25, 0.3) is 0 Å². The number of hydrogen-bond donors (Lipinski definition) is 1. The molecule has 0 fully saturated rings. The maximum atomic E-state index is 13.8. The molecule has 0 bridgehead atoms. The fourth-order valence-corrected chi connectivity index (χ4v) is 2.60. The van der Waals surface area contributed by atoms with Gasteiger partial charge in [0, 0.05) is 16.1 Å². The van der Waals surface area contributed by atoms with Gasteiger partial charge < -0.3 is 19.5 Å². The predicted molar refractivity (Wildman–Crippen MR) is 102 cm³/mol. The molecule has 27 heavy (non-hydrogen) atoms. The summed E-state index contributed by atoms with van der Waals surface area (Å²) in [6.45, 7) is 1.41. The molecule has 1 atom stereocenters. The summed E-state index contributed by atoms with van der Waals surface area (Å²) >= 11 is 3.14. The van der Waals surface area contributed by atoms with Crippen molar-refractivity contribution in [2.75, 3.05) is 19.5 Å². The third-order valence-corrected chi connectivity index (χ3v) is 4.19. The van der Waals surface area contributed by atoms with E-state index in [1.807, 2.05) is 0 Å². The number of nitrogens with one attached hydrogen (secondary N) is 1. The Morgan fingerprint density at radius 1 is 1.15 bits per heavy atom. The highest BCUT2D eigenvalue weighted by Crippen LogP contribution is 2.25. The minimum absolute atomic E-state index is 0.00271. The lowest BCUT2D eigenvalue weighted by molar-refractivity contribution is -0.152. The highest BCUT2D eigenvalue weighted by Gasteiger charge is 2.20. The number of anilines is 1. The molecule has 0 aliphatic carbocycles. The largest absolute Gasteiger partial charge is 0.497 e. The summed E-state index contributed by atoms with van der Waals surface area (Å²) in [6, 6.07) is 9.25. The van der Waals surface area contributed by atoms with E-state index in [9.17, 15) is 14.0 Å². The van der Waals surface area contributed by atoms with Crippen LogP contribution in [0.15, 0.2) is 40.9 Å². The average molecular weight is 440 g/mol. The molecule has 0 aromatic heterocycles. The zero-order chi connectivity index (χ0) is 20.0. The molecule has 2 aromatic rings. The van der Waals surface area contributed by atoms with Crippen LogP contribution >= 0.6 is 15.9 Å². The third-order valence-electron chi connectivity index (χ3n) is 3.70. The first-order valence-electron chi connectivity index (χ1n) is 8.00. The Morgan fingerprint density at radius 3 is 2.52 bits per heavy atom. The van der Waals surface area contributed by atoms with Crippen LogP contribution in [0.1, 0.15) is 12.5 Å². The fraction of sp³-hybridized carbons (Fsp3) is 0.263. The fourth-order valence-electron chi connectivity index (χ4n) is 2.27. The maximum Gasteiger partial charge on any atom is 0.311 e. The van der Waals surface area contributed by atoms with Crippen LogP contribution in [0.5, 0.6) is 11.5 Å². The van der Waals surface area contributed by atoms with Gasteiger partial charge in [-0.15, -0.1) is 0 Å². The van der Waals surface area contributed by atoms with Crippen LogP contribution in [0, 0.1) is 5.82 Å². The van der Waals surface area contributed by atoms with Crippen molar-refractivity contribution in [1.82, 2.24) is 0 Å². The lowest BCUT2D eigenvalue weighted by Gasteiger charge is -2.15. The first-order valence-corrected chi connectivity index (χ1v) is 8.79. The third kappa shape index (κ3) is 5.68. The van der Waals surface area contributed by atoms with Crippen molar-refractivity contribution in [2.45, 2.75) is 19.4 Å². The number of carbonyl (C=O) groups is 2. The van der Waals surface area contributed by atoms with E-state index in [4.69, 9.17) is 14.2 Å². The van der Waals surface area contributed by atoms with Gasteiger partial charge in [0.05, 0.1) is 26.3 Å². The number of rotatable bonds is 7. The molecule has 8 heteroatoms. The second kappa shape index (κ2) is 9.36. The first kappa shape index (κ1) is 20.7. The second-order valence-electron chi connectivity index (χ2n) is 5.60. The standard InChI is InChI=1S/C19H19BrFNO5/c1-11(19(24)22-16-7-5-13(20)9-15(16)21)27-18(23)8-12-4-6-14(25-2)10-17(12)26-3/h4-7,9-11H,8H2,1-3H3,(H,22,24). The van der Waals surface area contributed by atoms with Gasteiger partial charge in [0.1, 0.15) is 17.3 Å². The van der Waals surface area contributed by atoms with Gasteiger partial charge in [0.2, 0.25) is 0 Å². The highest BCUT2D eigenvalue weighted by atomic mass is 79.9. The highest BCUT2D eigenvalue weighted by molar-refractivity contribution is 9.10. The number of carbonyl (C=O) groups excluding carboxylic acids is 2. The minimum atomic E-state index is -1.09. The Kier molecular flexibility index (Phi) is 7.18. The van der Waals surface area contributed by atoms with Gasteiger partial charge in [-0.3, -0.25) is 9.59 Å². The molecule has 2 aromatic carbocycles. The predicted octanol–water partition coefficient (Wildman–Crippen LogP) is 3.72. The Balaban J connectivity index is 1.97. The molecule has 0 saturated heterocycles. The van der Waals surface area contributed by atoms with Crippen molar-refractivity contribution in [3.05, 3.63) is 52.3 Å². The van der Waals surface area contributed by atoms with Crippen molar-refractivity contribution in [1.29, 1.82) is 0 Å². The van der Waals surface area contributed by atoms with Crippen LogP contribution in [0.2, 0.25) is 0 Å². The molecule has 2 rings (SSSR count). The molecule has 0 heterocycles. The number of hydrogen-bond acceptors (Lipinski definition) is 5. The van der Waals surface area contributed by atoms with Crippen LogP contribution in [0.4, 0.5) is 10.1 Å². The van der Waals surface area contributed by atoms with Crippen molar-refractivity contribution >= 4 is 33.5 Å². The Bertz CT molecular complexity index is 843. The molecule has 1 unspecified atom stereocenters. The number of ether oxygens (including phenoxy) is 3. The summed E-state index contributed by atoms with van der Waals surface area (Å²) in [4.78, 5) is 24.3. The van der Waals surface area contributed by atoms with E-state index in [1.54, 1.807) is 24.3 Å². The number of methoxy groups -OCH3 is 2. The van der Waals surface area contributed by atoms with E-state index in [0.29, 0.717) is 21.5 Å². The maximum absolute atomic E-state index is 13.8. The van der Waals surface area contributed by atoms with E-state index in [2.05, 4.69) is 21.2 Å². The summed E-state index contributed by atoms with van der Waals surface area (Å²) in [5, 5.41) is 2.39. The zero-order valence-electron chi connectivity index (χ0n) is 15.0. The Labute approximate surface area is 164 Å². The summed E-state index contributed by atoms with van der Waals surface area (Å²) in [5.41, 5.74) is 0.595. The number of benzene rings is 2. The van der Waals surface area contributed by atoms with E-state index >= 15 is 0 Å². The molecule has 0 aliphatic rings. The summed E-state index contributed by atoms with van der Waals surface area (Å²) in [7, 11) is 3.00. The number of halogens is 2. The van der Waals surface area contributed by atoms with Crippen molar-refractivity contribution in [3.8, 4) is 11.5 Å². The average Bonchev–Trinajstić information content (AvgIpc) is 2.64. The second-order valence-corrected chi connectivity index (χ2v) is 6.52. The van der Waals surface area contributed by atoms with Gasteiger partial charge in [-0.05, 0) is 31.2 Å². The van der Waals surface area contributed by atoms with Gasteiger partial charge in [0.15, 0.2) is 6.10 Å². The molecule has 1 N–H and O–H groups in total. The van der Waals surface area contributed by atoms with Crippen LogP contribution < -0.4 is 14.8 Å². The van der Waals surface area contributed by atoms with Gasteiger partial charge in [-0.1, -0.05) is 22.0 Å². The minimum Gasteiger partial charge on any atom is -0.497 e. The Morgan fingerprint density at radius 2 is 1.89 bits per heavy atom. The van der Waals surface area contributed by atoms with Gasteiger partial charge in [0.25, 0.3) is 5.91 Å². The van der Waals surface area contributed by atoms with Crippen molar-refractivity contribution in [2.24, 2.45) is 0 Å². The lowest BCUT2D eigenvalue weighted by atomic mass is 10.1. The molecule has 0 radical (unpaired) electrons. The molecule has 0 saturated carbocycles. The molecular weight excluding hydrogens is 421 g/mol. The Hall–Kier alpha value is -2.61. The summed E-state index contributed by atoms with van der Waals surface area (Å²) in [5.74, 6) is -0.781. The molecule has 0 spiro atoms. The van der Waals surface area contributed by atoms with Crippen molar-refractivity contribution in [3.63, 3.8) is 0 Å². The molecule has 0 aliphatic heterocycles. The molecule has 1 amide bonds. The van der Waals surface area contributed by atoms with Crippen LogP contribution in [-0.2, 0) is 20.7 Å². The molecular formula is C19H19BrFNO5. The SMILES string of the molecule is COc1ccc(CC(=O)OC(C)C(=O)Nc2ccc(Br)cc2F)c(OC)c1. The van der Waals surface area contributed by atoms with Crippen molar-refractivity contribution < 1.29 is 28.2 Å². The lowest BCUT2D eigenvalue weighted by Crippen LogP contribution is -2.30. The first-order chi connectivity index (χ1) is 12.8. The monoisotopic (exact) mass is 439 g/mol. The van der Waals surface area contributed by atoms with Gasteiger partial charge in [-0.2, -0.15) is 0 Å². The topological polar surface area (TPSA) is 73.9 Å². The van der Waals surface area contributed by atoms with E-state index in [0.717, 1.165) is 0 Å². The summed E-state index contributed by atoms with van der Waals surface area (Å²) in [6.07, 6.45) is -1.18. The summed E-state index contributed by atoms with van der Waals surface area (Å²) < 4.78 is 29.8. The zero-order valence-corrected chi connectivity index (χ0v) is 16.6. The van der Waals surface area contributed by atoms with E-state index < -0.39 is 23.8 Å². The molecule has 6 nitrogen and oxygen atoms in total. The normalized spacial score (nSPS) is 11.4. The van der Waals surface area contributed by atoms with E-state index in [-0.39, 0.29) is 12.1 Å². The smallest absolute Gasteiger partial charge is 0.311 e.